The average molecular weight is 312 g/mol. The highest BCUT2D eigenvalue weighted by Crippen LogP contribution is 2.25. The molecule has 4 nitrogen and oxygen atoms in total. The van der Waals surface area contributed by atoms with E-state index in [1.54, 1.807) is 12.1 Å². The molecule has 0 saturated carbocycles. The molecule has 0 saturated heterocycles. The van der Waals surface area contributed by atoms with Crippen LogP contribution in [-0.4, -0.2) is 12.0 Å². The minimum absolute atomic E-state index is 0.110. The number of nitrogen functional groups attached to an aromatic ring is 1. The highest BCUT2D eigenvalue weighted by molar-refractivity contribution is 6.05. The van der Waals surface area contributed by atoms with E-state index in [4.69, 9.17) is 10.5 Å². The van der Waals surface area contributed by atoms with E-state index in [1.807, 2.05) is 52.0 Å². The first kappa shape index (κ1) is 16.9. The van der Waals surface area contributed by atoms with Crippen LogP contribution in [0.2, 0.25) is 0 Å². The van der Waals surface area contributed by atoms with E-state index in [1.165, 1.54) is 0 Å². The average Bonchev–Trinajstić information content (AvgIpc) is 2.49. The van der Waals surface area contributed by atoms with Crippen molar-refractivity contribution >= 4 is 17.3 Å². The van der Waals surface area contributed by atoms with Crippen LogP contribution in [0.4, 0.5) is 11.4 Å². The zero-order chi connectivity index (χ0) is 17.0. The second kappa shape index (κ2) is 7.18. The van der Waals surface area contributed by atoms with E-state index in [9.17, 15) is 4.79 Å². The number of carbonyl (C=O) groups is 1. The lowest BCUT2D eigenvalue weighted by molar-refractivity contribution is 0.102. The van der Waals surface area contributed by atoms with Gasteiger partial charge in [0.2, 0.25) is 0 Å². The van der Waals surface area contributed by atoms with E-state index in [2.05, 4.69) is 5.32 Å². The van der Waals surface area contributed by atoms with Crippen LogP contribution in [0.5, 0.6) is 5.75 Å². The van der Waals surface area contributed by atoms with Crippen LogP contribution in [0.1, 0.15) is 42.3 Å². The molecule has 0 spiro atoms. The van der Waals surface area contributed by atoms with Crippen molar-refractivity contribution in [2.24, 2.45) is 0 Å². The Labute approximate surface area is 137 Å². The number of anilines is 2. The monoisotopic (exact) mass is 312 g/mol. The molecule has 0 fully saturated rings. The van der Waals surface area contributed by atoms with Crippen molar-refractivity contribution in [3.05, 3.63) is 53.1 Å². The Morgan fingerprint density at radius 3 is 2.43 bits per heavy atom. The number of ether oxygens (including phenoxy) is 1. The summed E-state index contributed by atoms with van der Waals surface area (Å²) in [6.07, 6.45) is 0.919. The minimum atomic E-state index is -0.135. The summed E-state index contributed by atoms with van der Waals surface area (Å²) in [6, 6.07) is 10.9. The topological polar surface area (TPSA) is 64.3 Å². The molecule has 0 bridgehead atoms. The predicted octanol–water partition coefficient (Wildman–Crippen LogP) is 4.18. The SMILES string of the molecule is CCc1cc(N)cc(C)c1NC(=O)c1ccc(OC(C)C)cc1. The quantitative estimate of drug-likeness (QED) is 0.814. The highest BCUT2D eigenvalue weighted by Gasteiger charge is 2.12. The van der Waals surface area contributed by atoms with E-state index in [0.717, 1.165) is 29.0 Å². The summed E-state index contributed by atoms with van der Waals surface area (Å²) in [5, 5.41) is 3.00. The van der Waals surface area contributed by atoms with Gasteiger partial charge >= 0.3 is 0 Å². The number of benzene rings is 2. The summed E-state index contributed by atoms with van der Waals surface area (Å²) in [5.74, 6) is 0.623. The standard InChI is InChI=1S/C19H24N2O2/c1-5-14-11-16(20)10-13(4)18(14)21-19(22)15-6-8-17(9-7-15)23-12(2)3/h6-12H,5,20H2,1-4H3,(H,21,22). The van der Waals surface area contributed by atoms with Crippen LogP contribution in [0.3, 0.4) is 0 Å². The molecule has 1 amide bonds. The Hall–Kier alpha value is -2.49. The lowest BCUT2D eigenvalue weighted by Crippen LogP contribution is -2.14. The third-order valence-corrected chi connectivity index (χ3v) is 3.55. The van der Waals surface area contributed by atoms with Crippen LogP contribution in [0.25, 0.3) is 0 Å². The summed E-state index contributed by atoms with van der Waals surface area (Å²) in [7, 11) is 0. The normalized spacial score (nSPS) is 10.7. The van der Waals surface area contributed by atoms with E-state index < -0.39 is 0 Å². The molecule has 2 aromatic rings. The molecule has 3 N–H and O–H groups in total. The van der Waals surface area contributed by atoms with Gasteiger partial charge in [-0.25, -0.2) is 0 Å². The summed E-state index contributed by atoms with van der Waals surface area (Å²) < 4.78 is 5.59. The molecular formula is C19H24N2O2. The highest BCUT2D eigenvalue weighted by atomic mass is 16.5. The Morgan fingerprint density at radius 2 is 1.87 bits per heavy atom. The fourth-order valence-electron chi connectivity index (χ4n) is 2.49. The van der Waals surface area contributed by atoms with Crippen LogP contribution in [-0.2, 0) is 6.42 Å². The van der Waals surface area contributed by atoms with Gasteiger partial charge in [-0.2, -0.15) is 0 Å². The molecule has 0 unspecified atom stereocenters. The largest absolute Gasteiger partial charge is 0.491 e. The van der Waals surface area contributed by atoms with Gasteiger partial charge in [-0.3, -0.25) is 4.79 Å². The lowest BCUT2D eigenvalue weighted by Gasteiger charge is -2.15. The first-order valence-electron chi connectivity index (χ1n) is 7.87. The van der Waals surface area contributed by atoms with Gasteiger partial charge in [0.25, 0.3) is 5.91 Å². The molecule has 0 aliphatic rings. The maximum atomic E-state index is 12.5. The Balaban J connectivity index is 2.19. The zero-order valence-corrected chi connectivity index (χ0v) is 14.1. The molecule has 0 aliphatic carbocycles. The lowest BCUT2D eigenvalue weighted by atomic mass is 10.0. The number of nitrogens with two attached hydrogens (primary N) is 1. The molecule has 2 aromatic carbocycles. The molecule has 0 aliphatic heterocycles. The van der Waals surface area contributed by atoms with Crippen LogP contribution >= 0.6 is 0 Å². The number of rotatable bonds is 5. The fraction of sp³-hybridized carbons (Fsp3) is 0.316. The fourth-order valence-corrected chi connectivity index (χ4v) is 2.49. The molecule has 2 rings (SSSR count). The minimum Gasteiger partial charge on any atom is -0.491 e. The number of nitrogens with one attached hydrogen (secondary N) is 1. The molecule has 0 atom stereocenters. The molecule has 122 valence electrons. The van der Waals surface area contributed by atoms with Crippen molar-refractivity contribution in [1.29, 1.82) is 0 Å². The smallest absolute Gasteiger partial charge is 0.255 e. The van der Waals surface area contributed by atoms with Gasteiger partial charge in [-0.05, 0) is 74.7 Å². The third kappa shape index (κ3) is 4.25. The Morgan fingerprint density at radius 1 is 1.22 bits per heavy atom. The summed E-state index contributed by atoms with van der Waals surface area (Å²) in [5.41, 5.74) is 10.0. The van der Waals surface area contributed by atoms with Crippen molar-refractivity contribution in [2.75, 3.05) is 11.1 Å². The van der Waals surface area contributed by atoms with Crippen LogP contribution < -0.4 is 15.8 Å². The zero-order valence-electron chi connectivity index (χ0n) is 14.1. The molecule has 23 heavy (non-hydrogen) atoms. The van der Waals surface area contributed by atoms with E-state index >= 15 is 0 Å². The predicted molar refractivity (Wildman–Crippen MR) is 95.1 cm³/mol. The first-order chi connectivity index (χ1) is 10.9. The van der Waals surface area contributed by atoms with Crippen LogP contribution in [0, 0.1) is 6.92 Å². The third-order valence-electron chi connectivity index (χ3n) is 3.55. The second-order valence-electron chi connectivity index (χ2n) is 5.87. The molecule has 0 heterocycles. The van der Waals surface area contributed by atoms with Gasteiger partial charge in [-0.15, -0.1) is 0 Å². The van der Waals surface area contributed by atoms with Gasteiger partial charge in [0.05, 0.1) is 6.10 Å². The maximum absolute atomic E-state index is 12.5. The van der Waals surface area contributed by atoms with Gasteiger partial charge < -0.3 is 15.8 Å². The summed E-state index contributed by atoms with van der Waals surface area (Å²) in [6.45, 7) is 7.93. The first-order valence-corrected chi connectivity index (χ1v) is 7.87. The van der Waals surface area contributed by atoms with Gasteiger partial charge in [0, 0.05) is 16.9 Å². The van der Waals surface area contributed by atoms with Gasteiger partial charge in [0.1, 0.15) is 5.75 Å². The number of hydrogen-bond donors (Lipinski definition) is 2. The van der Waals surface area contributed by atoms with Crippen molar-refractivity contribution in [3.8, 4) is 5.75 Å². The van der Waals surface area contributed by atoms with E-state index in [0.29, 0.717) is 11.3 Å². The number of carbonyl (C=O) groups excluding carboxylic acids is 1. The van der Waals surface area contributed by atoms with Crippen molar-refractivity contribution < 1.29 is 9.53 Å². The number of hydrogen-bond acceptors (Lipinski definition) is 3. The van der Waals surface area contributed by atoms with Crippen molar-refractivity contribution in [3.63, 3.8) is 0 Å². The van der Waals surface area contributed by atoms with Crippen molar-refractivity contribution in [1.82, 2.24) is 0 Å². The van der Waals surface area contributed by atoms with Gasteiger partial charge in [-0.1, -0.05) is 6.92 Å². The van der Waals surface area contributed by atoms with Crippen molar-refractivity contribution in [2.45, 2.75) is 40.2 Å². The van der Waals surface area contributed by atoms with Gasteiger partial charge in [0.15, 0.2) is 0 Å². The van der Waals surface area contributed by atoms with Crippen LogP contribution in [0.15, 0.2) is 36.4 Å². The molecular weight excluding hydrogens is 288 g/mol. The summed E-state index contributed by atoms with van der Waals surface area (Å²) >= 11 is 0. The number of amides is 1. The summed E-state index contributed by atoms with van der Waals surface area (Å²) in [4.78, 5) is 12.5. The second-order valence-corrected chi connectivity index (χ2v) is 5.87. The van der Waals surface area contributed by atoms with E-state index in [-0.39, 0.29) is 12.0 Å². The Kier molecular flexibility index (Phi) is 5.27. The molecule has 4 heteroatoms. The molecule has 0 aromatic heterocycles. The maximum Gasteiger partial charge on any atom is 0.255 e. The molecule has 0 radical (unpaired) electrons. The Bertz CT molecular complexity index is 691. The number of aryl methyl sites for hydroxylation is 2.